The maximum absolute atomic E-state index is 12.4. The van der Waals surface area contributed by atoms with Crippen LogP contribution in [0.5, 0.6) is 0 Å². The second-order valence-corrected chi connectivity index (χ2v) is 6.83. The van der Waals surface area contributed by atoms with Crippen molar-refractivity contribution in [1.29, 1.82) is 0 Å². The van der Waals surface area contributed by atoms with Crippen molar-refractivity contribution in [3.05, 3.63) is 0 Å². The normalized spacial score (nSPS) is 14.5. The van der Waals surface area contributed by atoms with E-state index in [-0.39, 0.29) is 24.3 Å². The highest BCUT2D eigenvalue weighted by Gasteiger charge is 2.30. The molecule has 0 aliphatic rings. The third-order valence-corrected chi connectivity index (χ3v) is 4.39. The SMILES string of the molecule is NC(=O)CCC(N)C(=O)NC(CC(=O)O)C(=O)NC(CS)C(=O)NC(CS)C(=O)O. The molecule has 0 aliphatic carbocycles. The van der Waals surface area contributed by atoms with Crippen LogP contribution in [0.25, 0.3) is 0 Å². The molecular formula is C15H25N5O8S2. The van der Waals surface area contributed by atoms with Crippen LogP contribution in [0.1, 0.15) is 19.3 Å². The van der Waals surface area contributed by atoms with Gasteiger partial charge in [-0.05, 0) is 6.42 Å². The third-order valence-electron chi connectivity index (χ3n) is 3.66. The van der Waals surface area contributed by atoms with E-state index >= 15 is 0 Å². The zero-order valence-electron chi connectivity index (χ0n) is 15.7. The number of primary amides is 1. The van der Waals surface area contributed by atoms with Crippen LogP contribution >= 0.6 is 25.3 Å². The van der Waals surface area contributed by atoms with Crippen LogP contribution in [-0.4, -0.2) is 81.5 Å². The fourth-order valence-corrected chi connectivity index (χ4v) is 2.52. The molecule has 0 radical (unpaired) electrons. The number of hydrogen-bond donors (Lipinski definition) is 9. The number of nitrogens with two attached hydrogens (primary N) is 2. The lowest BCUT2D eigenvalue weighted by Gasteiger charge is -2.23. The number of carboxylic acids is 2. The summed E-state index contributed by atoms with van der Waals surface area (Å²) in [5.74, 6) is -6.74. The van der Waals surface area contributed by atoms with Crippen molar-refractivity contribution in [2.75, 3.05) is 11.5 Å². The topological polar surface area (TPSA) is 231 Å². The number of thiol groups is 2. The molecule has 0 aromatic rings. The molecule has 4 unspecified atom stereocenters. The minimum atomic E-state index is -1.59. The lowest BCUT2D eigenvalue weighted by Crippen LogP contribution is -2.58. The van der Waals surface area contributed by atoms with Gasteiger partial charge in [-0.3, -0.25) is 24.0 Å². The van der Waals surface area contributed by atoms with Crippen LogP contribution in [0.15, 0.2) is 0 Å². The summed E-state index contributed by atoms with van der Waals surface area (Å²) in [6.07, 6.45) is -1.14. The Morgan fingerprint density at radius 3 is 1.70 bits per heavy atom. The summed E-state index contributed by atoms with van der Waals surface area (Å²) < 4.78 is 0. The lowest BCUT2D eigenvalue weighted by atomic mass is 10.1. The Morgan fingerprint density at radius 1 is 0.800 bits per heavy atom. The van der Waals surface area contributed by atoms with Gasteiger partial charge in [-0.1, -0.05) is 0 Å². The molecule has 0 saturated carbocycles. The van der Waals surface area contributed by atoms with E-state index in [2.05, 4.69) is 41.2 Å². The van der Waals surface area contributed by atoms with Gasteiger partial charge in [0.2, 0.25) is 23.6 Å². The molecule has 9 N–H and O–H groups in total. The van der Waals surface area contributed by atoms with Crippen molar-refractivity contribution >= 4 is 60.8 Å². The summed E-state index contributed by atoms with van der Waals surface area (Å²) in [5.41, 5.74) is 10.5. The molecule has 0 saturated heterocycles. The lowest BCUT2D eigenvalue weighted by molar-refractivity contribution is -0.142. The molecule has 4 amide bonds. The molecule has 170 valence electrons. The van der Waals surface area contributed by atoms with Gasteiger partial charge >= 0.3 is 11.9 Å². The Balaban J connectivity index is 5.16. The first kappa shape index (κ1) is 27.5. The number of nitrogens with one attached hydrogen (secondary N) is 3. The minimum absolute atomic E-state index is 0.120. The largest absolute Gasteiger partial charge is 0.481 e. The van der Waals surface area contributed by atoms with Crippen molar-refractivity contribution in [3.8, 4) is 0 Å². The van der Waals surface area contributed by atoms with E-state index in [1.54, 1.807) is 0 Å². The first-order chi connectivity index (χ1) is 13.9. The van der Waals surface area contributed by atoms with E-state index in [4.69, 9.17) is 21.7 Å². The fourth-order valence-electron chi connectivity index (χ4n) is 2.02. The Kier molecular flexibility index (Phi) is 12.5. The summed E-state index contributed by atoms with van der Waals surface area (Å²) in [7, 11) is 0. The molecule has 0 fully saturated rings. The number of amides is 4. The van der Waals surface area contributed by atoms with Crippen LogP contribution in [0.4, 0.5) is 0 Å². The molecule has 0 bridgehead atoms. The van der Waals surface area contributed by atoms with Gasteiger partial charge in [0.05, 0.1) is 12.5 Å². The molecule has 4 atom stereocenters. The molecule has 30 heavy (non-hydrogen) atoms. The molecule has 0 spiro atoms. The van der Waals surface area contributed by atoms with Crippen LogP contribution in [0, 0.1) is 0 Å². The van der Waals surface area contributed by atoms with Gasteiger partial charge in [0.1, 0.15) is 18.1 Å². The van der Waals surface area contributed by atoms with Gasteiger partial charge < -0.3 is 37.6 Å². The Bertz CT molecular complexity index is 677. The quantitative estimate of drug-likeness (QED) is 0.115. The minimum Gasteiger partial charge on any atom is -0.481 e. The van der Waals surface area contributed by atoms with E-state index in [1.165, 1.54) is 0 Å². The summed E-state index contributed by atoms with van der Waals surface area (Å²) in [6.45, 7) is 0. The van der Waals surface area contributed by atoms with Gasteiger partial charge in [-0.15, -0.1) is 0 Å². The maximum Gasteiger partial charge on any atom is 0.327 e. The molecule has 0 aliphatic heterocycles. The van der Waals surface area contributed by atoms with E-state index in [0.29, 0.717) is 0 Å². The van der Waals surface area contributed by atoms with Gasteiger partial charge in [0, 0.05) is 17.9 Å². The summed E-state index contributed by atoms with van der Waals surface area (Å²) >= 11 is 7.71. The smallest absolute Gasteiger partial charge is 0.327 e. The zero-order valence-corrected chi connectivity index (χ0v) is 17.5. The number of carboxylic acid groups (broad SMARTS) is 2. The molecule has 0 aromatic carbocycles. The van der Waals surface area contributed by atoms with E-state index in [1.807, 2.05) is 0 Å². The van der Waals surface area contributed by atoms with Crippen LogP contribution in [-0.2, 0) is 28.8 Å². The average molecular weight is 468 g/mol. The first-order valence-corrected chi connectivity index (χ1v) is 9.80. The van der Waals surface area contributed by atoms with Crippen LogP contribution in [0.3, 0.4) is 0 Å². The number of aliphatic carboxylic acids is 2. The van der Waals surface area contributed by atoms with Crippen molar-refractivity contribution in [2.45, 2.75) is 43.4 Å². The second kappa shape index (κ2) is 13.7. The fraction of sp³-hybridized carbons (Fsp3) is 0.600. The number of hydrogen-bond acceptors (Lipinski definition) is 9. The highest BCUT2D eigenvalue weighted by Crippen LogP contribution is 2.01. The van der Waals surface area contributed by atoms with Crippen molar-refractivity contribution < 1.29 is 39.0 Å². The summed E-state index contributed by atoms with van der Waals surface area (Å²) in [6, 6.07) is -5.46. The van der Waals surface area contributed by atoms with Crippen molar-refractivity contribution in [2.24, 2.45) is 11.5 Å². The van der Waals surface area contributed by atoms with Crippen molar-refractivity contribution in [3.63, 3.8) is 0 Å². The average Bonchev–Trinajstić information content (AvgIpc) is 2.66. The van der Waals surface area contributed by atoms with E-state index in [0.717, 1.165) is 0 Å². The Labute approximate surface area is 182 Å². The molecule has 0 heterocycles. The molecule has 15 heteroatoms. The van der Waals surface area contributed by atoms with Crippen LogP contribution in [0.2, 0.25) is 0 Å². The molecule has 0 aromatic heterocycles. The Morgan fingerprint density at radius 2 is 1.27 bits per heavy atom. The van der Waals surface area contributed by atoms with Gasteiger partial charge in [-0.2, -0.15) is 25.3 Å². The monoisotopic (exact) mass is 467 g/mol. The first-order valence-electron chi connectivity index (χ1n) is 8.54. The van der Waals surface area contributed by atoms with Crippen molar-refractivity contribution in [1.82, 2.24) is 16.0 Å². The number of rotatable bonds is 14. The third kappa shape index (κ3) is 10.3. The molecular weight excluding hydrogens is 442 g/mol. The zero-order chi connectivity index (χ0) is 23.4. The van der Waals surface area contributed by atoms with Gasteiger partial charge in [0.15, 0.2) is 0 Å². The van der Waals surface area contributed by atoms with E-state index in [9.17, 15) is 28.8 Å². The van der Waals surface area contributed by atoms with Gasteiger partial charge in [0.25, 0.3) is 0 Å². The van der Waals surface area contributed by atoms with Gasteiger partial charge in [-0.25, -0.2) is 4.79 Å². The predicted octanol–water partition coefficient (Wildman–Crippen LogP) is -3.55. The van der Waals surface area contributed by atoms with Crippen LogP contribution < -0.4 is 27.4 Å². The predicted molar refractivity (Wildman–Crippen MR) is 110 cm³/mol. The van der Waals surface area contributed by atoms with E-state index < -0.39 is 66.2 Å². The highest BCUT2D eigenvalue weighted by atomic mass is 32.1. The second-order valence-electron chi connectivity index (χ2n) is 6.10. The molecule has 13 nitrogen and oxygen atoms in total. The number of carbonyl (C=O) groups is 6. The summed E-state index contributed by atoms with van der Waals surface area (Å²) in [4.78, 5) is 69.4. The molecule has 0 rings (SSSR count). The Hall–Kier alpha value is -2.52. The maximum atomic E-state index is 12.4. The standard InChI is InChI=1S/C15H25N5O8S2/c16-6(1-2-10(17)21)12(24)18-7(3-11(22)23)13(25)19-8(4-29)14(26)20-9(5-30)15(27)28/h6-9,29-30H,1-5,16H2,(H2,17,21)(H,18,24)(H,19,25)(H,20,26)(H,22,23)(H,27,28). The summed E-state index contributed by atoms with van der Waals surface area (Å²) in [5, 5.41) is 24.4. The highest BCUT2D eigenvalue weighted by molar-refractivity contribution is 7.80. The number of carbonyl (C=O) groups excluding carboxylic acids is 4.